The van der Waals surface area contributed by atoms with Gasteiger partial charge in [-0.3, -0.25) is 9.48 Å². The lowest BCUT2D eigenvalue weighted by Crippen LogP contribution is -2.27. The summed E-state index contributed by atoms with van der Waals surface area (Å²) in [5.74, 6) is -0.417. The van der Waals surface area contributed by atoms with Gasteiger partial charge in [-0.15, -0.1) is 0 Å². The molecule has 0 radical (unpaired) electrons. The summed E-state index contributed by atoms with van der Waals surface area (Å²) in [6.45, 7) is 6.19. The molecule has 0 unspecified atom stereocenters. The van der Waals surface area contributed by atoms with Crippen molar-refractivity contribution in [1.29, 1.82) is 0 Å². The summed E-state index contributed by atoms with van der Waals surface area (Å²) in [6, 6.07) is 8.84. The number of nitrogens with zero attached hydrogens (tertiary/aromatic N) is 2. The zero-order chi connectivity index (χ0) is 14.8. The minimum absolute atomic E-state index is 0.102. The van der Waals surface area contributed by atoms with Crippen molar-refractivity contribution in [3.8, 4) is 0 Å². The number of aromatic nitrogens is 2. The van der Waals surface area contributed by atoms with Gasteiger partial charge in [-0.05, 0) is 26.3 Å². The van der Waals surface area contributed by atoms with Gasteiger partial charge >= 0.3 is 0 Å². The van der Waals surface area contributed by atoms with Crippen LogP contribution in [0, 0.1) is 0 Å². The van der Waals surface area contributed by atoms with Crippen molar-refractivity contribution in [3.63, 3.8) is 0 Å². The second-order valence-electron chi connectivity index (χ2n) is 5.73. The molecule has 1 heterocycles. The monoisotopic (exact) mass is 272 g/mol. The summed E-state index contributed by atoms with van der Waals surface area (Å²) in [5, 5.41) is 7.42. The fourth-order valence-electron chi connectivity index (χ4n) is 1.90. The summed E-state index contributed by atoms with van der Waals surface area (Å²) in [6.07, 6.45) is 3.57. The molecule has 0 aliphatic heterocycles. The average Bonchev–Trinajstić information content (AvgIpc) is 2.85. The van der Waals surface area contributed by atoms with Gasteiger partial charge in [0.2, 0.25) is 5.91 Å². The quantitative estimate of drug-likeness (QED) is 0.896. The van der Waals surface area contributed by atoms with Crippen LogP contribution in [0.4, 0.5) is 5.69 Å². The SMILES string of the molecule is CC(C)(C)n1cc(N[C@H](C(N)=O)c2ccccc2)cn1. The molecule has 0 spiro atoms. The third-order valence-corrected chi connectivity index (χ3v) is 3.00. The topological polar surface area (TPSA) is 72.9 Å². The van der Waals surface area contributed by atoms with Crippen molar-refractivity contribution in [1.82, 2.24) is 9.78 Å². The van der Waals surface area contributed by atoms with Crippen LogP contribution in [-0.4, -0.2) is 15.7 Å². The molecule has 1 atom stereocenters. The van der Waals surface area contributed by atoms with Crippen molar-refractivity contribution in [3.05, 3.63) is 48.3 Å². The number of benzene rings is 1. The number of primary amides is 1. The standard InChI is InChI=1S/C15H20N4O/c1-15(2,3)19-10-12(9-17-19)18-13(14(16)20)11-7-5-4-6-8-11/h4-10,13,18H,1-3H3,(H2,16,20)/t13-/m0/s1. The number of carbonyl (C=O) groups is 1. The Kier molecular flexibility index (Phi) is 3.79. The molecule has 3 N–H and O–H groups in total. The van der Waals surface area contributed by atoms with E-state index in [-0.39, 0.29) is 5.54 Å². The summed E-state index contributed by atoms with van der Waals surface area (Å²) < 4.78 is 1.85. The summed E-state index contributed by atoms with van der Waals surface area (Å²) >= 11 is 0. The number of hydrogen-bond acceptors (Lipinski definition) is 3. The minimum atomic E-state index is -0.561. The van der Waals surface area contributed by atoms with Gasteiger partial charge in [0.1, 0.15) is 6.04 Å². The first-order chi connectivity index (χ1) is 9.38. The second-order valence-corrected chi connectivity index (χ2v) is 5.73. The molecule has 0 bridgehead atoms. The highest BCUT2D eigenvalue weighted by atomic mass is 16.1. The summed E-state index contributed by atoms with van der Waals surface area (Å²) in [4.78, 5) is 11.6. The Hall–Kier alpha value is -2.30. The number of nitrogens with one attached hydrogen (secondary N) is 1. The maximum atomic E-state index is 11.6. The predicted molar refractivity (Wildman–Crippen MR) is 79.2 cm³/mol. The molecule has 0 aliphatic rings. The molecule has 1 aromatic carbocycles. The van der Waals surface area contributed by atoms with Crippen LogP contribution in [0.3, 0.4) is 0 Å². The molecule has 20 heavy (non-hydrogen) atoms. The van der Waals surface area contributed by atoms with Crippen LogP contribution < -0.4 is 11.1 Å². The normalized spacial score (nSPS) is 12.9. The van der Waals surface area contributed by atoms with Crippen molar-refractivity contribution in [2.24, 2.45) is 5.73 Å². The van der Waals surface area contributed by atoms with Crippen LogP contribution in [0.15, 0.2) is 42.7 Å². The first-order valence-corrected chi connectivity index (χ1v) is 6.54. The van der Waals surface area contributed by atoms with E-state index in [4.69, 9.17) is 5.73 Å². The number of anilines is 1. The van der Waals surface area contributed by atoms with Crippen LogP contribution >= 0.6 is 0 Å². The van der Waals surface area contributed by atoms with Crippen LogP contribution in [0.2, 0.25) is 0 Å². The summed E-state index contributed by atoms with van der Waals surface area (Å²) in [5.41, 5.74) is 6.99. The maximum absolute atomic E-state index is 11.6. The summed E-state index contributed by atoms with van der Waals surface area (Å²) in [7, 11) is 0. The fraction of sp³-hybridized carbons (Fsp3) is 0.333. The van der Waals surface area contributed by atoms with E-state index < -0.39 is 11.9 Å². The number of hydrogen-bond donors (Lipinski definition) is 2. The third-order valence-electron chi connectivity index (χ3n) is 3.00. The number of rotatable bonds is 4. The largest absolute Gasteiger partial charge is 0.368 e. The molecule has 1 amide bonds. The van der Waals surface area contributed by atoms with Gasteiger partial charge in [-0.25, -0.2) is 0 Å². The zero-order valence-corrected chi connectivity index (χ0v) is 12.0. The highest BCUT2D eigenvalue weighted by Gasteiger charge is 2.19. The Balaban J connectivity index is 2.22. The van der Waals surface area contributed by atoms with Crippen molar-refractivity contribution in [2.75, 3.05) is 5.32 Å². The van der Waals surface area contributed by atoms with Gasteiger partial charge in [0.05, 0.1) is 17.4 Å². The van der Waals surface area contributed by atoms with Crippen LogP contribution in [0.25, 0.3) is 0 Å². The highest BCUT2D eigenvalue weighted by Crippen LogP contribution is 2.21. The molecule has 2 aromatic rings. The van der Waals surface area contributed by atoms with Gasteiger partial charge in [-0.1, -0.05) is 30.3 Å². The average molecular weight is 272 g/mol. The number of nitrogens with two attached hydrogens (primary N) is 1. The van der Waals surface area contributed by atoms with Gasteiger partial charge in [0.15, 0.2) is 0 Å². The minimum Gasteiger partial charge on any atom is -0.368 e. The lowest BCUT2D eigenvalue weighted by molar-refractivity contribution is -0.118. The van der Waals surface area contributed by atoms with Gasteiger partial charge in [-0.2, -0.15) is 5.10 Å². The first-order valence-electron chi connectivity index (χ1n) is 6.54. The van der Waals surface area contributed by atoms with Crippen molar-refractivity contribution >= 4 is 11.6 Å². The van der Waals surface area contributed by atoms with Crippen molar-refractivity contribution < 1.29 is 4.79 Å². The first kappa shape index (κ1) is 14.1. The Bertz CT molecular complexity index is 583. The number of amides is 1. The molecule has 0 saturated carbocycles. The van der Waals surface area contributed by atoms with E-state index in [1.165, 1.54) is 0 Å². The van der Waals surface area contributed by atoms with Gasteiger partial charge in [0, 0.05) is 6.20 Å². The molecule has 0 aliphatic carbocycles. The van der Waals surface area contributed by atoms with E-state index in [1.807, 2.05) is 41.2 Å². The van der Waals surface area contributed by atoms with Crippen LogP contribution in [0.1, 0.15) is 32.4 Å². The van der Waals surface area contributed by atoms with E-state index in [0.717, 1.165) is 11.3 Å². The lowest BCUT2D eigenvalue weighted by atomic mass is 10.1. The molecule has 2 rings (SSSR count). The van der Waals surface area contributed by atoms with E-state index in [9.17, 15) is 4.79 Å². The van der Waals surface area contributed by atoms with Crippen LogP contribution in [0.5, 0.6) is 0 Å². The molecule has 106 valence electrons. The third kappa shape index (κ3) is 3.17. The van der Waals surface area contributed by atoms with E-state index in [2.05, 4.69) is 31.2 Å². The molecule has 1 aromatic heterocycles. The molecule has 0 saturated heterocycles. The molecular weight excluding hydrogens is 252 g/mol. The molecular formula is C15H20N4O. The smallest absolute Gasteiger partial charge is 0.244 e. The second kappa shape index (κ2) is 5.36. The maximum Gasteiger partial charge on any atom is 0.244 e. The Morgan fingerprint density at radius 3 is 2.45 bits per heavy atom. The van der Waals surface area contributed by atoms with E-state index in [1.54, 1.807) is 6.20 Å². The Morgan fingerprint density at radius 2 is 1.95 bits per heavy atom. The predicted octanol–water partition coefficient (Wildman–Crippen LogP) is 2.28. The lowest BCUT2D eigenvalue weighted by Gasteiger charge is -2.19. The van der Waals surface area contributed by atoms with E-state index in [0.29, 0.717) is 0 Å². The number of carbonyl (C=O) groups excluding carboxylic acids is 1. The van der Waals surface area contributed by atoms with Crippen LogP contribution in [-0.2, 0) is 10.3 Å². The van der Waals surface area contributed by atoms with E-state index >= 15 is 0 Å². The Labute approximate surface area is 118 Å². The zero-order valence-electron chi connectivity index (χ0n) is 12.0. The fourth-order valence-corrected chi connectivity index (χ4v) is 1.90. The molecule has 0 fully saturated rings. The molecule has 5 nitrogen and oxygen atoms in total. The Morgan fingerprint density at radius 1 is 1.30 bits per heavy atom. The molecule has 5 heteroatoms. The van der Waals surface area contributed by atoms with Gasteiger partial charge < -0.3 is 11.1 Å². The van der Waals surface area contributed by atoms with Gasteiger partial charge in [0.25, 0.3) is 0 Å². The highest BCUT2D eigenvalue weighted by molar-refractivity contribution is 5.84. The van der Waals surface area contributed by atoms with Crippen molar-refractivity contribution in [2.45, 2.75) is 32.4 Å².